The molecule has 3 nitrogen and oxygen atoms in total. The first kappa shape index (κ1) is 13.4. The zero-order valence-electron chi connectivity index (χ0n) is 12.4. The molecular formula is C17H23N3. The standard InChI is InChI=1S/C17H23N3/c1-13-11-15-5-3-4-6-16(15)19-17(13)20-9-7-14(8-10-20)12-18-2/h3-6,11,14,18H,7-10,12H2,1-2H3. The quantitative estimate of drug-likeness (QED) is 0.928. The lowest BCUT2D eigenvalue weighted by Crippen LogP contribution is -2.37. The normalized spacial score (nSPS) is 16.8. The molecule has 3 rings (SSSR count). The highest BCUT2D eigenvalue weighted by atomic mass is 15.2. The molecule has 1 aliphatic rings. The minimum absolute atomic E-state index is 0.817. The van der Waals surface area contributed by atoms with Gasteiger partial charge in [0, 0.05) is 18.5 Å². The van der Waals surface area contributed by atoms with Crippen molar-refractivity contribution in [2.24, 2.45) is 5.92 Å². The Morgan fingerprint density at radius 2 is 2.00 bits per heavy atom. The number of aromatic nitrogens is 1. The van der Waals surface area contributed by atoms with Crippen LogP contribution in [0.3, 0.4) is 0 Å². The van der Waals surface area contributed by atoms with Crippen LogP contribution < -0.4 is 10.2 Å². The van der Waals surface area contributed by atoms with Gasteiger partial charge in [0.15, 0.2) is 0 Å². The van der Waals surface area contributed by atoms with Gasteiger partial charge in [0.1, 0.15) is 5.82 Å². The number of rotatable bonds is 3. The highest BCUT2D eigenvalue weighted by Crippen LogP contribution is 2.26. The van der Waals surface area contributed by atoms with Crippen LogP contribution in [0.2, 0.25) is 0 Å². The minimum atomic E-state index is 0.817. The van der Waals surface area contributed by atoms with Crippen molar-refractivity contribution < 1.29 is 0 Å². The average Bonchev–Trinajstić information content (AvgIpc) is 2.48. The second-order valence-corrected chi connectivity index (χ2v) is 5.81. The average molecular weight is 269 g/mol. The van der Waals surface area contributed by atoms with Crippen LogP contribution in [0.25, 0.3) is 10.9 Å². The van der Waals surface area contributed by atoms with Gasteiger partial charge in [-0.15, -0.1) is 0 Å². The van der Waals surface area contributed by atoms with Gasteiger partial charge in [-0.05, 0) is 57.0 Å². The smallest absolute Gasteiger partial charge is 0.132 e. The van der Waals surface area contributed by atoms with E-state index >= 15 is 0 Å². The van der Waals surface area contributed by atoms with E-state index in [1.165, 1.54) is 29.6 Å². The molecule has 20 heavy (non-hydrogen) atoms. The largest absolute Gasteiger partial charge is 0.356 e. The Kier molecular flexibility index (Phi) is 3.88. The molecule has 3 heteroatoms. The molecule has 1 aliphatic heterocycles. The van der Waals surface area contributed by atoms with E-state index in [-0.39, 0.29) is 0 Å². The van der Waals surface area contributed by atoms with Crippen LogP contribution in [0.4, 0.5) is 5.82 Å². The molecule has 1 fully saturated rings. The fraction of sp³-hybridized carbons (Fsp3) is 0.471. The first-order valence-electron chi connectivity index (χ1n) is 7.54. The number of hydrogen-bond acceptors (Lipinski definition) is 3. The second kappa shape index (κ2) is 5.80. The summed E-state index contributed by atoms with van der Waals surface area (Å²) in [6, 6.07) is 10.6. The Bertz CT molecular complexity index is 586. The van der Waals surface area contributed by atoms with Crippen molar-refractivity contribution in [1.82, 2.24) is 10.3 Å². The van der Waals surface area contributed by atoms with E-state index in [2.05, 4.69) is 47.5 Å². The van der Waals surface area contributed by atoms with Crippen molar-refractivity contribution >= 4 is 16.7 Å². The maximum Gasteiger partial charge on any atom is 0.132 e. The van der Waals surface area contributed by atoms with Gasteiger partial charge in [0.2, 0.25) is 0 Å². The highest BCUT2D eigenvalue weighted by Gasteiger charge is 2.20. The van der Waals surface area contributed by atoms with Crippen molar-refractivity contribution in [2.75, 3.05) is 31.6 Å². The van der Waals surface area contributed by atoms with Crippen LogP contribution in [0.15, 0.2) is 30.3 Å². The molecule has 0 unspecified atom stereocenters. The summed E-state index contributed by atoms with van der Waals surface area (Å²) in [6.45, 7) is 5.56. The topological polar surface area (TPSA) is 28.2 Å². The van der Waals surface area contributed by atoms with Crippen LogP contribution in [0, 0.1) is 12.8 Å². The van der Waals surface area contributed by atoms with Gasteiger partial charge in [-0.2, -0.15) is 0 Å². The molecule has 1 aromatic carbocycles. The lowest BCUT2D eigenvalue weighted by Gasteiger charge is -2.33. The molecular weight excluding hydrogens is 246 g/mol. The monoisotopic (exact) mass is 269 g/mol. The molecule has 0 saturated carbocycles. The van der Waals surface area contributed by atoms with E-state index in [4.69, 9.17) is 4.98 Å². The molecule has 0 atom stereocenters. The molecule has 0 spiro atoms. The van der Waals surface area contributed by atoms with Gasteiger partial charge in [-0.25, -0.2) is 4.98 Å². The minimum Gasteiger partial charge on any atom is -0.356 e. The van der Waals surface area contributed by atoms with Crippen LogP contribution in [0.5, 0.6) is 0 Å². The summed E-state index contributed by atoms with van der Waals surface area (Å²) in [4.78, 5) is 7.33. The first-order chi connectivity index (χ1) is 9.78. The van der Waals surface area contributed by atoms with Gasteiger partial charge in [-0.1, -0.05) is 18.2 Å². The maximum atomic E-state index is 4.88. The van der Waals surface area contributed by atoms with E-state index in [1.54, 1.807) is 0 Å². The van der Waals surface area contributed by atoms with Gasteiger partial charge in [0.05, 0.1) is 5.52 Å². The number of nitrogens with one attached hydrogen (secondary N) is 1. The SMILES string of the molecule is CNCC1CCN(c2nc3ccccc3cc2C)CC1. The van der Waals surface area contributed by atoms with Crippen molar-refractivity contribution in [3.05, 3.63) is 35.9 Å². The Balaban J connectivity index is 1.82. The van der Waals surface area contributed by atoms with Crippen molar-refractivity contribution in [3.63, 3.8) is 0 Å². The molecule has 1 N–H and O–H groups in total. The number of benzene rings is 1. The number of aryl methyl sites for hydroxylation is 1. The number of pyridine rings is 1. The first-order valence-corrected chi connectivity index (χ1v) is 7.54. The number of para-hydroxylation sites is 1. The van der Waals surface area contributed by atoms with Gasteiger partial charge in [0.25, 0.3) is 0 Å². The summed E-state index contributed by atoms with van der Waals surface area (Å²) >= 11 is 0. The van der Waals surface area contributed by atoms with Crippen molar-refractivity contribution in [3.8, 4) is 0 Å². The van der Waals surface area contributed by atoms with E-state index in [0.29, 0.717) is 0 Å². The fourth-order valence-electron chi connectivity index (χ4n) is 3.17. The van der Waals surface area contributed by atoms with Gasteiger partial charge < -0.3 is 10.2 Å². The van der Waals surface area contributed by atoms with E-state index in [0.717, 1.165) is 31.1 Å². The molecule has 1 saturated heterocycles. The molecule has 0 radical (unpaired) electrons. The van der Waals surface area contributed by atoms with Crippen LogP contribution >= 0.6 is 0 Å². The lowest BCUT2D eigenvalue weighted by atomic mass is 9.96. The predicted molar refractivity (Wildman–Crippen MR) is 85.3 cm³/mol. The molecule has 2 aromatic rings. The number of fused-ring (bicyclic) bond motifs is 1. The Morgan fingerprint density at radius 3 is 2.75 bits per heavy atom. The fourth-order valence-corrected chi connectivity index (χ4v) is 3.17. The summed E-state index contributed by atoms with van der Waals surface area (Å²) in [5.74, 6) is 1.99. The van der Waals surface area contributed by atoms with E-state index in [9.17, 15) is 0 Å². The predicted octanol–water partition coefficient (Wildman–Crippen LogP) is 2.98. The van der Waals surface area contributed by atoms with Gasteiger partial charge in [-0.3, -0.25) is 0 Å². The lowest BCUT2D eigenvalue weighted by molar-refractivity contribution is 0.392. The van der Waals surface area contributed by atoms with Crippen molar-refractivity contribution in [2.45, 2.75) is 19.8 Å². The molecule has 2 heterocycles. The Labute approximate surface area is 121 Å². The number of piperidine rings is 1. The Morgan fingerprint density at radius 1 is 1.25 bits per heavy atom. The Hall–Kier alpha value is -1.61. The molecule has 0 aliphatic carbocycles. The summed E-state index contributed by atoms with van der Waals surface area (Å²) in [7, 11) is 2.04. The molecule has 0 amide bonds. The number of hydrogen-bond donors (Lipinski definition) is 1. The molecule has 0 bridgehead atoms. The highest BCUT2D eigenvalue weighted by molar-refractivity contribution is 5.81. The third-order valence-corrected chi connectivity index (χ3v) is 4.29. The van der Waals surface area contributed by atoms with Crippen molar-refractivity contribution in [1.29, 1.82) is 0 Å². The van der Waals surface area contributed by atoms with Crippen LogP contribution in [0.1, 0.15) is 18.4 Å². The van der Waals surface area contributed by atoms with Crippen LogP contribution in [-0.4, -0.2) is 31.7 Å². The summed E-state index contributed by atoms with van der Waals surface area (Å²) in [5, 5.41) is 4.53. The van der Waals surface area contributed by atoms with E-state index in [1.807, 2.05) is 7.05 Å². The molecule has 106 valence electrons. The van der Waals surface area contributed by atoms with Gasteiger partial charge >= 0.3 is 0 Å². The van der Waals surface area contributed by atoms with Crippen LogP contribution in [-0.2, 0) is 0 Å². The number of anilines is 1. The number of nitrogens with zero attached hydrogens (tertiary/aromatic N) is 2. The summed E-state index contributed by atoms with van der Waals surface area (Å²) in [6.07, 6.45) is 2.52. The second-order valence-electron chi connectivity index (χ2n) is 5.81. The maximum absolute atomic E-state index is 4.88. The zero-order valence-corrected chi connectivity index (χ0v) is 12.4. The third kappa shape index (κ3) is 2.63. The summed E-state index contributed by atoms with van der Waals surface area (Å²) in [5.41, 5.74) is 2.39. The molecule has 1 aromatic heterocycles. The summed E-state index contributed by atoms with van der Waals surface area (Å²) < 4.78 is 0. The zero-order chi connectivity index (χ0) is 13.9. The van der Waals surface area contributed by atoms with E-state index < -0.39 is 0 Å². The third-order valence-electron chi connectivity index (χ3n) is 4.29.